The summed E-state index contributed by atoms with van der Waals surface area (Å²) in [5, 5.41) is 2.88. The fraction of sp³-hybridized carbons (Fsp3) is 0.263. The van der Waals surface area contributed by atoms with Crippen LogP contribution in [0.4, 0.5) is 5.69 Å². The quantitative estimate of drug-likeness (QED) is 0.766. The standard InChI is InChI=1S/C19H20N2O3/c1-11(2)19-21-15-10-14(7-8-16(15)24-19)20-18(22)13-6-5-12(3)17(9-13)23-4/h5-11H,1-4H3,(H,20,22). The largest absolute Gasteiger partial charge is 0.496 e. The van der Waals surface area contributed by atoms with E-state index < -0.39 is 0 Å². The fourth-order valence-electron chi connectivity index (χ4n) is 2.43. The summed E-state index contributed by atoms with van der Waals surface area (Å²) in [4.78, 5) is 16.9. The summed E-state index contributed by atoms with van der Waals surface area (Å²) in [5.74, 6) is 1.41. The van der Waals surface area contributed by atoms with Crippen molar-refractivity contribution in [2.75, 3.05) is 12.4 Å². The van der Waals surface area contributed by atoms with Gasteiger partial charge >= 0.3 is 0 Å². The number of ether oxygens (including phenoxy) is 1. The van der Waals surface area contributed by atoms with Crippen molar-refractivity contribution < 1.29 is 13.9 Å². The van der Waals surface area contributed by atoms with Gasteiger partial charge in [0.25, 0.3) is 5.91 Å². The number of hydrogen-bond donors (Lipinski definition) is 1. The molecule has 0 saturated carbocycles. The summed E-state index contributed by atoms with van der Waals surface area (Å²) < 4.78 is 10.9. The van der Waals surface area contributed by atoms with Gasteiger partial charge in [-0.15, -0.1) is 0 Å². The monoisotopic (exact) mass is 324 g/mol. The summed E-state index contributed by atoms with van der Waals surface area (Å²) in [6.45, 7) is 5.99. The molecular formula is C19H20N2O3. The molecule has 0 bridgehead atoms. The average molecular weight is 324 g/mol. The minimum atomic E-state index is -0.194. The van der Waals surface area contributed by atoms with E-state index in [-0.39, 0.29) is 11.8 Å². The van der Waals surface area contributed by atoms with Crippen LogP contribution in [-0.4, -0.2) is 18.0 Å². The van der Waals surface area contributed by atoms with E-state index in [0.717, 1.165) is 11.1 Å². The number of carbonyl (C=O) groups is 1. The van der Waals surface area contributed by atoms with Gasteiger partial charge in [-0.2, -0.15) is 0 Å². The Hall–Kier alpha value is -2.82. The highest BCUT2D eigenvalue weighted by Gasteiger charge is 2.12. The highest BCUT2D eigenvalue weighted by Crippen LogP contribution is 2.24. The van der Waals surface area contributed by atoms with Crippen LogP contribution in [0.3, 0.4) is 0 Å². The molecule has 0 saturated heterocycles. The predicted molar refractivity (Wildman–Crippen MR) is 93.8 cm³/mol. The molecule has 5 heteroatoms. The second-order valence-corrected chi connectivity index (χ2v) is 6.03. The average Bonchev–Trinajstić information content (AvgIpc) is 2.98. The van der Waals surface area contributed by atoms with E-state index in [9.17, 15) is 4.79 Å². The van der Waals surface area contributed by atoms with Crippen LogP contribution in [0.2, 0.25) is 0 Å². The lowest BCUT2D eigenvalue weighted by Gasteiger charge is -2.08. The number of methoxy groups -OCH3 is 1. The van der Waals surface area contributed by atoms with Gasteiger partial charge in [0.1, 0.15) is 11.3 Å². The van der Waals surface area contributed by atoms with Crippen LogP contribution in [-0.2, 0) is 0 Å². The number of amides is 1. The minimum absolute atomic E-state index is 0.194. The molecule has 0 aliphatic heterocycles. The molecule has 2 aromatic carbocycles. The van der Waals surface area contributed by atoms with E-state index in [1.54, 1.807) is 25.3 Å². The highest BCUT2D eigenvalue weighted by molar-refractivity contribution is 6.05. The number of hydrogen-bond acceptors (Lipinski definition) is 4. The van der Waals surface area contributed by atoms with Gasteiger partial charge in [0.15, 0.2) is 11.5 Å². The summed E-state index contributed by atoms with van der Waals surface area (Å²) in [6.07, 6.45) is 0. The van der Waals surface area contributed by atoms with Gasteiger partial charge in [-0.1, -0.05) is 19.9 Å². The third kappa shape index (κ3) is 3.11. The lowest BCUT2D eigenvalue weighted by atomic mass is 10.1. The number of carbonyl (C=O) groups excluding carboxylic acids is 1. The minimum Gasteiger partial charge on any atom is -0.496 e. The second-order valence-electron chi connectivity index (χ2n) is 6.03. The van der Waals surface area contributed by atoms with Crippen molar-refractivity contribution >= 4 is 22.7 Å². The zero-order chi connectivity index (χ0) is 17.3. The molecule has 3 rings (SSSR count). The Morgan fingerprint density at radius 3 is 2.71 bits per heavy atom. The molecule has 0 spiro atoms. The Balaban J connectivity index is 1.84. The SMILES string of the molecule is COc1cc(C(=O)Nc2ccc3oc(C(C)C)nc3c2)ccc1C. The van der Waals surface area contributed by atoms with Gasteiger partial charge in [-0.05, 0) is 42.8 Å². The zero-order valence-electron chi connectivity index (χ0n) is 14.2. The summed E-state index contributed by atoms with van der Waals surface area (Å²) in [7, 11) is 1.59. The first-order valence-electron chi connectivity index (χ1n) is 7.84. The molecule has 1 amide bonds. The maximum Gasteiger partial charge on any atom is 0.255 e. The Bertz CT molecular complexity index is 897. The van der Waals surface area contributed by atoms with Gasteiger partial charge in [-0.3, -0.25) is 4.79 Å². The molecule has 5 nitrogen and oxygen atoms in total. The third-order valence-electron chi connectivity index (χ3n) is 3.83. The van der Waals surface area contributed by atoms with Gasteiger partial charge in [0.2, 0.25) is 0 Å². The number of aromatic nitrogens is 1. The molecule has 0 atom stereocenters. The molecule has 0 aliphatic carbocycles. The summed E-state index contributed by atoms with van der Waals surface area (Å²) in [6, 6.07) is 10.8. The van der Waals surface area contributed by atoms with Crippen molar-refractivity contribution in [1.82, 2.24) is 4.98 Å². The van der Waals surface area contributed by atoms with E-state index in [1.807, 2.05) is 39.0 Å². The Labute approximate surface area is 140 Å². The van der Waals surface area contributed by atoms with Crippen LogP contribution in [0.25, 0.3) is 11.1 Å². The Morgan fingerprint density at radius 2 is 2.00 bits per heavy atom. The fourth-order valence-corrected chi connectivity index (χ4v) is 2.43. The number of benzene rings is 2. The molecule has 1 aromatic heterocycles. The maximum atomic E-state index is 12.4. The first-order valence-corrected chi connectivity index (χ1v) is 7.84. The van der Waals surface area contributed by atoms with Crippen LogP contribution in [0.15, 0.2) is 40.8 Å². The Morgan fingerprint density at radius 1 is 1.21 bits per heavy atom. The van der Waals surface area contributed by atoms with Crippen LogP contribution in [0.1, 0.15) is 41.6 Å². The van der Waals surface area contributed by atoms with Gasteiger partial charge in [0, 0.05) is 17.2 Å². The number of nitrogens with zero attached hydrogens (tertiary/aromatic N) is 1. The van der Waals surface area contributed by atoms with E-state index in [1.165, 1.54) is 0 Å². The van der Waals surface area contributed by atoms with E-state index in [0.29, 0.717) is 28.5 Å². The molecule has 124 valence electrons. The number of anilines is 1. The Kier molecular flexibility index (Phi) is 4.25. The van der Waals surface area contributed by atoms with Gasteiger partial charge in [-0.25, -0.2) is 4.98 Å². The molecule has 1 heterocycles. The number of rotatable bonds is 4. The lowest BCUT2D eigenvalue weighted by molar-refractivity contribution is 0.102. The van der Waals surface area contributed by atoms with Gasteiger partial charge in [0.05, 0.1) is 7.11 Å². The van der Waals surface area contributed by atoms with Crippen molar-refractivity contribution in [2.24, 2.45) is 0 Å². The van der Waals surface area contributed by atoms with E-state index in [2.05, 4.69) is 10.3 Å². The lowest BCUT2D eigenvalue weighted by Crippen LogP contribution is -2.12. The molecule has 3 aromatic rings. The molecule has 0 fully saturated rings. The summed E-state index contributed by atoms with van der Waals surface area (Å²) >= 11 is 0. The van der Waals surface area contributed by atoms with Crippen molar-refractivity contribution in [2.45, 2.75) is 26.7 Å². The number of nitrogens with one attached hydrogen (secondary N) is 1. The number of fused-ring (bicyclic) bond motifs is 1. The van der Waals surface area contributed by atoms with Crippen LogP contribution in [0, 0.1) is 6.92 Å². The smallest absolute Gasteiger partial charge is 0.255 e. The molecule has 0 aliphatic rings. The zero-order valence-corrected chi connectivity index (χ0v) is 14.2. The van der Waals surface area contributed by atoms with Crippen molar-refractivity contribution in [3.8, 4) is 5.75 Å². The van der Waals surface area contributed by atoms with Crippen LogP contribution >= 0.6 is 0 Å². The first-order chi connectivity index (χ1) is 11.5. The number of aryl methyl sites for hydroxylation is 1. The highest BCUT2D eigenvalue weighted by atomic mass is 16.5. The number of oxazole rings is 1. The predicted octanol–water partition coefficient (Wildman–Crippen LogP) is 4.52. The maximum absolute atomic E-state index is 12.4. The van der Waals surface area contributed by atoms with Crippen molar-refractivity contribution in [1.29, 1.82) is 0 Å². The molecule has 24 heavy (non-hydrogen) atoms. The van der Waals surface area contributed by atoms with Gasteiger partial charge < -0.3 is 14.5 Å². The topological polar surface area (TPSA) is 64.4 Å². The van der Waals surface area contributed by atoms with Crippen molar-refractivity contribution in [3.05, 3.63) is 53.4 Å². The van der Waals surface area contributed by atoms with Crippen molar-refractivity contribution in [3.63, 3.8) is 0 Å². The molecular weight excluding hydrogens is 304 g/mol. The first kappa shape index (κ1) is 16.1. The molecule has 0 unspecified atom stereocenters. The van der Waals surface area contributed by atoms with Crippen LogP contribution in [0.5, 0.6) is 5.75 Å². The second kappa shape index (κ2) is 6.35. The molecule has 1 N–H and O–H groups in total. The summed E-state index contributed by atoms with van der Waals surface area (Å²) in [5.41, 5.74) is 3.65. The molecule has 0 radical (unpaired) electrons. The normalized spacial score (nSPS) is 11.0. The third-order valence-corrected chi connectivity index (χ3v) is 3.83. The van der Waals surface area contributed by atoms with E-state index in [4.69, 9.17) is 9.15 Å². The van der Waals surface area contributed by atoms with E-state index >= 15 is 0 Å². The van der Waals surface area contributed by atoms with Crippen LogP contribution < -0.4 is 10.1 Å².